The summed E-state index contributed by atoms with van der Waals surface area (Å²) in [5, 5.41) is 3.34. The number of nitrogens with one attached hydrogen (secondary N) is 1. The molecule has 0 aromatic heterocycles. The highest BCUT2D eigenvalue weighted by molar-refractivity contribution is 9.10. The van der Waals surface area contributed by atoms with Crippen molar-refractivity contribution in [2.75, 3.05) is 46.6 Å². The van der Waals surface area contributed by atoms with Gasteiger partial charge in [-0.15, -0.1) is 0 Å². The molecule has 1 atom stereocenters. The lowest BCUT2D eigenvalue weighted by molar-refractivity contribution is 0.000680. The van der Waals surface area contributed by atoms with Crippen LogP contribution in [0, 0.1) is 0 Å². The molecule has 21 heavy (non-hydrogen) atoms. The van der Waals surface area contributed by atoms with Gasteiger partial charge in [0.2, 0.25) is 0 Å². The standard InChI is InChI=1S/C16H26BrNO3/c1-3-18-13-16(14-7-4-5-8-15(14)17)21-12-11-20-10-6-9-19-2/h4-5,7-8,16,18H,3,6,9-13H2,1-2H3. The van der Waals surface area contributed by atoms with Crippen molar-refractivity contribution in [2.24, 2.45) is 0 Å². The molecule has 4 nitrogen and oxygen atoms in total. The van der Waals surface area contributed by atoms with Crippen molar-refractivity contribution in [1.29, 1.82) is 0 Å². The fourth-order valence-corrected chi connectivity index (χ4v) is 2.47. The van der Waals surface area contributed by atoms with Crippen LogP contribution >= 0.6 is 15.9 Å². The van der Waals surface area contributed by atoms with Gasteiger partial charge in [0.1, 0.15) is 0 Å². The highest BCUT2D eigenvalue weighted by atomic mass is 79.9. The lowest BCUT2D eigenvalue weighted by atomic mass is 10.1. The van der Waals surface area contributed by atoms with Gasteiger partial charge in [-0.05, 0) is 24.6 Å². The molecule has 0 amide bonds. The van der Waals surface area contributed by atoms with Gasteiger partial charge in [-0.2, -0.15) is 0 Å². The third-order valence-electron chi connectivity index (χ3n) is 3.02. The Balaban J connectivity index is 2.35. The second-order valence-electron chi connectivity index (χ2n) is 4.65. The number of halogens is 1. The Labute approximate surface area is 136 Å². The average Bonchev–Trinajstić information content (AvgIpc) is 2.50. The minimum Gasteiger partial charge on any atom is -0.385 e. The van der Waals surface area contributed by atoms with Crippen LogP contribution in [0.2, 0.25) is 0 Å². The quantitative estimate of drug-likeness (QED) is 0.582. The number of ether oxygens (including phenoxy) is 3. The van der Waals surface area contributed by atoms with Crippen LogP contribution in [0.15, 0.2) is 28.7 Å². The lowest BCUT2D eigenvalue weighted by Gasteiger charge is -2.20. The van der Waals surface area contributed by atoms with Crippen LogP contribution in [0.1, 0.15) is 25.0 Å². The van der Waals surface area contributed by atoms with Crippen LogP contribution in [-0.2, 0) is 14.2 Å². The summed E-state index contributed by atoms with van der Waals surface area (Å²) in [7, 11) is 1.70. The Kier molecular flexibility index (Phi) is 10.7. The minimum atomic E-state index is 0.0306. The van der Waals surface area contributed by atoms with Crippen molar-refractivity contribution in [3.05, 3.63) is 34.3 Å². The van der Waals surface area contributed by atoms with Crippen molar-refractivity contribution >= 4 is 15.9 Å². The smallest absolute Gasteiger partial charge is 0.0961 e. The van der Waals surface area contributed by atoms with Crippen LogP contribution in [-0.4, -0.2) is 46.6 Å². The fourth-order valence-electron chi connectivity index (χ4n) is 1.93. The van der Waals surface area contributed by atoms with E-state index in [9.17, 15) is 0 Å². The molecule has 0 saturated heterocycles. The van der Waals surface area contributed by atoms with Gasteiger partial charge < -0.3 is 19.5 Å². The van der Waals surface area contributed by atoms with E-state index in [0.29, 0.717) is 19.8 Å². The molecule has 1 N–H and O–H groups in total. The minimum absolute atomic E-state index is 0.0306. The summed E-state index contributed by atoms with van der Waals surface area (Å²) in [4.78, 5) is 0. The average molecular weight is 360 g/mol. The zero-order chi connectivity index (χ0) is 15.3. The summed E-state index contributed by atoms with van der Waals surface area (Å²) in [6, 6.07) is 8.17. The number of benzene rings is 1. The van der Waals surface area contributed by atoms with Crippen LogP contribution < -0.4 is 5.32 Å². The zero-order valence-electron chi connectivity index (χ0n) is 12.9. The van der Waals surface area contributed by atoms with Gasteiger partial charge in [0.25, 0.3) is 0 Å². The van der Waals surface area contributed by atoms with E-state index >= 15 is 0 Å². The van der Waals surface area contributed by atoms with E-state index in [-0.39, 0.29) is 6.10 Å². The predicted molar refractivity (Wildman–Crippen MR) is 88.7 cm³/mol. The first kappa shape index (κ1) is 18.6. The third kappa shape index (κ3) is 7.93. The van der Waals surface area contributed by atoms with Crippen molar-refractivity contribution < 1.29 is 14.2 Å². The second-order valence-corrected chi connectivity index (χ2v) is 5.50. The molecule has 0 saturated carbocycles. The molecule has 1 rings (SSSR count). The molecule has 5 heteroatoms. The van der Waals surface area contributed by atoms with Gasteiger partial charge in [-0.3, -0.25) is 0 Å². The topological polar surface area (TPSA) is 39.7 Å². The van der Waals surface area contributed by atoms with E-state index < -0.39 is 0 Å². The molecule has 1 unspecified atom stereocenters. The Hall–Kier alpha value is -0.460. The molecule has 120 valence electrons. The van der Waals surface area contributed by atoms with Gasteiger partial charge in [0.05, 0.1) is 19.3 Å². The van der Waals surface area contributed by atoms with Gasteiger partial charge in [-0.1, -0.05) is 41.1 Å². The summed E-state index contributed by atoms with van der Waals surface area (Å²) in [6.45, 7) is 6.46. The largest absolute Gasteiger partial charge is 0.385 e. The summed E-state index contributed by atoms with van der Waals surface area (Å²) in [6.07, 6.45) is 0.949. The molecule has 0 aliphatic rings. The van der Waals surface area contributed by atoms with Crippen LogP contribution in [0.5, 0.6) is 0 Å². The number of rotatable bonds is 12. The van der Waals surface area contributed by atoms with E-state index in [2.05, 4.69) is 34.2 Å². The molecule has 1 aromatic carbocycles. The molecule has 0 fully saturated rings. The Bertz CT molecular complexity index is 376. The van der Waals surface area contributed by atoms with Crippen molar-refractivity contribution in [3.8, 4) is 0 Å². The number of likely N-dealkylation sites (N-methyl/N-ethyl adjacent to an activating group) is 1. The monoisotopic (exact) mass is 359 g/mol. The van der Waals surface area contributed by atoms with E-state index in [4.69, 9.17) is 14.2 Å². The Morgan fingerprint density at radius 2 is 1.95 bits per heavy atom. The van der Waals surface area contributed by atoms with Crippen LogP contribution in [0.4, 0.5) is 0 Å². The van der Waals surface area contributed by atoms with E-state index in [1.165, 1.54) is 0 Å². The number of hydrogen-bond donors (Lipinski definition) is 1. The van der Waals surface area contributed by atoms with E-state index in [1.807, 2.05) is 18.2 Å². The summed E-state index contributed by atoms with van der Waals surface area (Å²) < 4.78 is 17.5. The van der Waals surface area contributed by atoms with Gasteiger partial charge in [0.15, 0.2) is 0 Å². The molecule has 0 spiro atoms. The van der Waals surface area contributed by atoms with Crippen molar-refractivity contribution in [3.63, 3.8) is 0 Å². The van der Waals surface area contributed by atoms with Gasteiger partial charge >= 0.3 is 0 Å². The van der Waals surface area contributed by atoms with Gasteiger partial charge in [-0.25, -0.2) is 0 Å². The van der Waals surface area contributed by atoms with E-state index in [1.54, 1.807) is 7.11 Å². The molecule has 0 aliphatic heterocycles. The molecule has 1 aromatic rings. The summed E-state index contributed by atoms with van der Waals surface area (Å²) in [5.74, 6) is 0. The maximum atomic E-state index is 5.97. The van der Waals surface area contributed by atoms with E-state index in [0.717, 1.165) is 36.2 Å². The lowest BCUT2D eigenvalue weighted by Crippen LogP contribution is -2.24. The Morgan fingerprint density at radius 3 is 2.67 bits per heavy atom. The second kappa shape index (κ2) is 12.1. The maximum absolute atomic E-state index is 5.97. The molecule has 0 heterocycles. The third-order valence-corrected chi connectivity index (χ3v) is 3.74. The van der Waals surface area contributed by atoms with Crippen molar-refractivity contribution in [1.82, 2.24) is 5.32 Å². The van der Waals surface area contributed by atoms with Crippen LogP contribution in [0.3, 0.4) is 0 Å². The van der Waals surface area contributed by atoms with Gasteiger partial charge in [0, 0.05) is 31.3 Å². The maximum Gasteiger partial charge on any atom is 0.0961 e. The highest BCUT2D eigenvalue weighted by Crippen LogP contribution is 2.25. The first-order valence-electron chi connectivity index (χ1n) is 7.43. The normalized spacial score (nSPS) is 12.5. The SMILES string of the molecule is CCNCC(OCCOCCCOC)c1ccccc1Br. The number of methoxy groups -OCH3 is 1. The molecule has 0 bridgehead atoms. The zero-order valence-corrected chi connectivity index (χ0v) is 14.5. The molecule has 0 radical (unpaired) electrons. The fraction of sp³-hybridized carbons (Fsp3) is 0.625. The Morgan fingerprint density at radius 1 is 1.14 bits per heavy atom. The van der Waals surface area contributed by atoms with Crippen LogP contribution in [0.25, 0.3) is 0 Å². The highest BCUT2D eigenvalue weighted by Gasteiger charge is 2.14. The molecular formula is C16H26BrNO3. The number of hydrogen-bond acceptors (Lipinski definition) is 4. The van der Waals surface area contributed by atoms with Crippen molar-refractivity contribution in [2.45, 2.75) is 19.4 Å². The molecular weight excluding hydrogens is 334 g/mol. The molecule has 0 aliphatic carbocycles. The first-order chi connectivity index (χ1) is 10.3. The predicted octanol–water partition coefficient (Wildman–Crippen LogP) is 3.17. The summed E-state index contributed by atoms with van der Waals surface area (Å²) in [5.41, 5.74) is 1.16. The summed E-state index contributed by atoms with van der Waals surface area (Å²) >= 11 is 3.59. The first-order valence-corrected chi connectivity index (χ1v) is 8.22.